The maximum Gasteiger partial charge on any atom is 0.127 e. The quantitative estimate of drug-likeness (QED) is 0.675. The number of nitrogens with one attached hydrogen (secondary N) is 1. The second kappa shape index (κ2) is 7.93. The molecule has 1 aromatic heterocycles. The molecule has 0 amide bonds. The van der Waals surface area contributed by atoms with Crippen molar-refractivity contribution in [1.29, 1.82) is 0 Å². The minimum Gasteiger partial charge on any atom is -0.497 e. The number of fused-ring (bicyclic) bond motifs is 4. The number of nitrogens with zero attached hydrogens (tertiary/aromatic N) is 2. The number of methoxy groups -OCH3 is 1. The molecule has 0 saturated carbocycles. The van der Waals surface area contributed by atoms with Gasteiger partial charge in [-0.25, -0.2) is 4.39 Å². The van der Waals surface area contributed by atoms with E-state index in [0.29, 0.717) is 6.54 Å². The number of ether oxygens (including phenoxy) is 1. The molecule has 0 unspecified atom stereocenters. The van der Waals surface area contributed by atoms with Crippen LogP contribution in [0.15, 0.2) is 42.5 Å². The average Bonchev–Trinajstić information content (AvgIpc) is 3.10. The van der Waals surface area contributed by atoms with E-state index in [1.165, 1.54) is 22.7 Å². The van der Waals surface area contributed by atoms with Crippen LogP contribution in [-0.4, -0.2) is 47.9 Å². The first-order valence-corrected chi connectivity index (χ1v) is 11.0. The highest BCUT2D eigenvalue weighted by Crippen LogP contribution is 2.47. The van der Waals surface area contributed by atoms with Gasteiger partial charge in [-0.05, 0) is 49.7 Å². The minimum atomic E-state index is -0.127. The SMILES string of the molecule is COc1ccc2c3c(n(C)c2c1)[C@H](CO)NCC31CCN(Cc2ccccc2F)CC1. The zero-order valence-corrected chi connectivity index (χ0v) is 18.2. The molecule has 31 heavy (non-hydrogen) atoms. The van der Waals surface area contributed by atoms with Gasteiger partial charge in [-0.3, -0.25) is 4.90 Å². The molecule has 2 aliphatic rings. The van der Waals surface area contributed by atoms with Gasteiger partial charge in [-0.1, -0.05) is 18.2 Å². The monoisotopic (exact) mass is 423 g/mol. The fraction of sp³-hybridized carbons (Fsp3) is 0.440. The molecular weight excluding hydrogens is 393 g/mol. The first-order chi connectivity index (χ1) is 15.1. The maximum atomic E-state index is 14.1. The van der Waals surface area contributed by atoms with Crippen LogP contribution in [0, 0.1) is 5.82 Å². The summed E-state index contributed by atoms with van der Waals surface area (Å²) < 4.78 is 21.8. The Morgan fingerprint density at radius 1 is 1.19 bits per heavy atom. The van der Waals surface area contributed by atoms with E-state index in [9.17, 15) is 9.50 Å². The molecule has 0 radical (unpaired) electrons. The lowest BCUT2D eigenvalue weighted by molar-refractivity contribution is 0.130. The highest BCUT2D eigenvalue weighted by molar-refractivity contribution is 5.88. The summed E-state index contributed by atoms with van der Waals surface area (Å²) in [6.45, 7) is 3.42. The van der Waals surface area contributed by atoms with Crippen molar-refractivity contribution in [2.24, 2.45) is 7.05 Å². The van der Waals surface area contributed by atoms with E-state index < -0.39 is 0 Å². The van der Waals surface area contributed by atoms with Crippen molar-refractivity contribution in [3.05, 3.63) is 65.1 Å². The lowest BCUT2D eigenvalue weighted by Crippen LogP contribution is -2.52. The molecule has 1 spiro atoms. The number of halogens is 1. The van der Waals surface area contributed by atoms with Crippen LogP contribution < -0.4 is 10.1 Å². The van der Waals surface area contributed by atoms with Crippen molar-refractivity contribution in [2.45, 2.75) is 30.8 Å². The molecule has 0 bridgehead atoms. The highest BCUT2D eigenvalue weighted by Gasteiger charge is 2.44. The summed E-state index contributed by atoms with van der Waals surface area (Å²) in [5.74, 6) is 0.714. The number of aliphatic hydroxyl groups excluding tert-OH is 1. The third-order valence-corrected chi connectivity index (χ3v) is 7.35. The Kier molecular flexibility index (Phi) is 5.24. The number of aryl methyl sites for hydroxylation is 1. The first kappa shape index (κ1) is 20.5. The topological polar surface area (TPSA) is 49.7 Å². The van der Waals surface area contributed by atoms with Gasteiger partial charge < -0.3 is 19.7 Å². The van der Waals surface area contributed by atoms with Gasteiger partial charge in [0.25, 0.3) is 0 Å². The van der Waals surface area contributed by atoms with Crippen LogP contribution in [0.3, 0.4) is 0 Å². The number of piperidine rings is 1. The number of rotatable bonds is 4. The van der Waals surface area contributed by atoms with E-state index in [1.54, 1.807) is 13.2 Å². The highest BCUT2D eigenvalue weighted by atomic mass is 19.1. The van der Waals surface area contributed by atoms with Crippen LogP contribution in [-0.2, 0) is 19.0 Å². The molecule has 3 heterocycles. The van der Waals surface area contributed by atoms with Crippen LogP contribution in [0.4, 0.5) is 4.39 Å². The Labute approximate surface area is 182 Å². The lowest BCUT2D eigenvalue weighted by atomic mass is 9.69. The molecule has 1 atom stereocenters. The molecule has 0 aliphatic carbocycles. The van der Waals surface area contributed by atoms with Gasteiger partial charge >= 0.3 is 0 Å². The molecule has 1 saturated heterocycles. The average molecular weight is 424 g/mol. The van der Waals surface area contributed by atoms with E-state index >= 15 is 0 Å². The molecule has 1 fully saturated rings. The summed E-state index contributed by atoms with van der Waals surface area (Å²) >= 11 is 0. The number of likely N-dealkylation sites (tertiary alicyclic amines) is 1. The van der Waals surface area contributed by atoms with Crippen molar-refractivity contribution in [3.8, 4) is 5.75 Å². The number of aliphatic hydroxyl groups is 1. The van der Waals surface area contributed by atoms with E-state index in [1.807, 2.05) is 18.2 Å². The molecule has 164 valence electrons. The number of benzene rings is 2. The molecule has 3 aromatic rings. The molecule has 5 rings (SSSR count). The largest absolute Gasteiger partial charge is 0.497 e. The van der Waals surface area contributed by atoms with Gasteiger partial charge in [-0.15, -0.1) is 0 Å². The van der Waals surface area contributed by atoms with Crippen LogP contribution in [0.2, 0.25) is 0 Å². The Morgan fingerprint density at radius 3 is 2.68 bits per heavy atom. The lowest BCUT2D eigenvalue weighted by Gasteiger charge is -2.46. The summed E-state index contributed by atoms with van der Waals surface area (Å²) in [5, 5.41) is 14.9. The van der Waals surface area contributed by atoms with Crippen LogP contribution in [0.25, 0.3) is 10.9 Å². The second-order valence-corrected chi connectivity index (χ2v) is 8.97. The number of hydrogen-bond donors (Lipinski definition) is 2. The second-order valence-electron chi connectivity index (χ2n) is 8.97. The molecule has 5 nitrogen and oxygen atoms in total. The molecule has 2 aliphatic heterocycles. The molecule has 2 N–H and O–H groups in total. The van der Waals surface area contributed by atoms with Gasteiger partial charge in [0.05, 0.1) is 25.3 Å². The maximum absolute atomic E-state index is 14.1. The predicted molar refractivity (Wildman–Crippen MR) is 120 cm³/mol. The minimum absolute atomic E-state index is 0.0147. The third kappa shape index (κ3) is 3.34. The fourth-order valence-corrected chi connectivity index (χ4v) is 5.62. The summed E-state index contributed by atoms with van der Waals surface area (Å²) in [6.07, 6.45) is 2.01. The van der Waals surface area contributed by atoms with Crippen LogP contribution >= 0.6 is 0 Å². The fourth-order valence-electron chi connectivity index (χ4n) is 5.62. The summed E-state index contributed by atoms with van der Waals surface area (Å²) in [7, 11) is 3.77. The third-order valence-electron chi connectivity index (χ3n) is 7.35. The zero-order valence-electron chi connectivity index (χ0n) is 18.2. The van der Waals surface area contributed by atoms with E-state index in [2.05, 4.69) is 34.0 Å². The van der Waals surface area contributed by atoms with Gasteiger partial charge in [0.15, 0.2) is 0 Å². The van der Waals surface area contributed by atoms with Crippen LogP contribution in [0.5, 0.6) is 5.75 Å². The van der Waals surface area contributed by atoms with Crippen molar-refractivity contribution in [3.63, 3.8) is 0 Å². The van der Waals surface area contributed by atoms with Crippen molar-refractivity contribution < 1.29 is 14.2 Å². The van der Waals surface area contributed by atoms with Crippen molar-refractivity contribution in [1.82, 2.24) is 14.8 Å². The van der Waals surface area contributed by atoms with Gasteiger partial charge in [0.2, 0.25) is 0 Å². The number of aromatic nitrogens is 1. The molecular formula is C25H30FN3O2. The molecule has 2 aromatic carbocycles. The Hall–Kier alpha value is -2.41. The predicted octanol–water partition coefficient (Wildman–Crippen LogP) is 3.50. The molecule has 6 heteroatoms. The van der Waals surface area contributed by atoms with Crippen LogP contribution in [0.1, 0.15) is 35.7 Å². The Morgan fingerprint density at radius 2 is 1.97 bits per heavy atom. The summed E-state index contributed by atoms with van der Waals surface area (Å²) in [6, 6.07) is 13.3. The normalized spacial score (nSPS) is 20.8. The standard InChI is InChI=1S/C25H30FN3O2/c1-28-22-13-18(31-2)7-8-19(22)23-24(28)21(15-30)27-16-25(23)9-11-29(12-10-25)14-17-5-3-4-6-20(17)26/h3-8,13,21,27,30H,9-12,14-16H2,1-2H3/t21-/m0/s1. The number of hydrogen-bond acceptors (Lipinski definition) is 4. The summed E-state index contributed by atoms with van der Waals surface area (Å²) in [5.41, 5.74) is 4.47. The Bertz CT molecular complexity index is 1100. The summed E-state index contributed by atoms with van der Waals surface area (Å²) in [4.78, 5) is 2.36. The van der Waals surface area contributed by atoms with Crippen molar-refractivity contribution in [2.75, 3.05) is 33.4 Å². The van der Waals surface area contributed by atoms with E-state index in [0.717, 1.165) is 49.3 Å². The van der Waals surface area contributed by atoms with Gasteiger partial charge in [0.1, 0.15) is 11.6 Å². The Balaban J connectivity index is 1.49. The van der Waals surface area contributed by atoms with Gasteiger partial charge in [0, 0.05) is 48.3 Å². The van der Waals surface area contributed by atoms with Crippen molar-refractivity contribution >= 4 is 10.9 Å². The van der Waals surface area contributed by atoms with E-state index in [-0.39, 0.29) is 23.9 Å². The smallest absolute Gasteiger partial charge is 0.127 e. The van der Waals surface area contributed by atoms with Gasteiger partial charge in [-0.2, -0.15) is 0 Å². The van der Waals surface area contributed by atoms with E-state index in [4.69, 9.17) is 4.74 Å². The first-order valence-electron chi connectivity index (χ1n) is 11.0. The zero-order chi connectivity index (χ0) is 21.6.